The van der Waals surface area contributed by atoms with Crippen LogP contribution in [0.15, 0.2) is 54.6 Å². The smallest absolute Gasteiger partial charge is 0.251 e. The highest BCUT2D eigenvalue weighted by molar-refractivity contribution is 5.95. The maximum atomic E-state index is 12.1. The van der Waals surface area contributed by atoms with E-state index in [9.17, 15) is 9.59 Å². The van der Waals surface area contributed by atoms with Gasteiger partial charge in [0, 0.05) is 30.8 Å². The van der Waals surface area contributed by atoms with Gasteiger partial charge in [0.2, 0.25) is 5.91 Å². The van der Waals surface area contributed by atoms with Gasteiger partial charge in [0.25, 0.3) is 5.91 Å². The van der Waals surface area contributed by atoms with Crippen LogP contribution in [0.25, 0.3) is 0 Å². The summed E-state index contributed by atoms with van der Waals surface area (Å²) in [5.74, 6) is -0.160. The Morgan fingerprint density at radius 3 is 2.50 bits per heavy atom. The van der Waals surface area contributed by atoms with Gasteiger partial charge in [-0.1, -0.05) is 30.3 Å². The lowest BCUT2D eigenvalue weighted by Crippen LogP contribution is -2.31. The van der Waals surface area contributed by atoms with Gasteiger partial charge >= 0.3 is 0 Å². The van der Waals surface area contributed by atoms with Gasteiger partial charge in [-0.15, -0.1) is 0 Å². The molecule has 2 aromatic rings. The zero-order valence-electron chi connectivity index (χ0n) is 14.7. The number of benzene rings is 2. The Morgan fingerprint density at radius 1 is 1.04 bits per heavy atom. The van der Waals surface area contributed by atoms with Gasteiger partial charge in [-0.3, -0.25) is 9.59 Å². The minimum Gasteiger partial charge on any atom is -0.376 e. The van der Waals surface area contributed by atoms with E-state index in [4.69, 9.17) is 4.74 Å². The van der Waals surface area contributed by atoms with E-state index in [1.54, 1.807) is 24.3 Å². The SMILES string of the molecule is O=C(CCc1ccccc1)Nc1ccc(C(=O)NCC2CCCO2)cc1. The Balaban J connectivity index is 1.44. The zero-order valence-corrected chi connectivity index (χ0v) is 14.7. The van der Waals surface area contributed by atoms with Crippen molar-refractivity contribution >= 4 is 17.5 Å². The summed E-state index contributed by atoms with van der Waals surface area (Å²) in [4.78, 5) is 24.2. The molecule has 0 aromatic heterocycles. The van der Waals surface area contributed by atoms with Crippen LogP contribution in [0.1, 0.15) is 35.2 Å². The molecule has 136 valence electrons. The van der Waals surface area contributed by atoms with Gasteiger partial charge in [0.05, 0.1) is 6.10 Å². The van der Waals surface area contributed by atoms with Gasteiger partial charge in [0.1, 0.15) is 0 Å². The molecule has 0 saturated carbocycles. The third-order valence-electron chi connectivity index (χ3n) is 4.43. The number of hydrogen-bond donors (Lipinski definition) is 2. The standard InChI is InChI=1S/C21H24N2O3/c24-20(13-8-16-5-2-1-3-6-16)23-18-11-9-17(10-12-18)21(25)22-15-19-7-4-14-26-19/h1-3,5-6,9-12,19H,4,7-8,13-15H2,(H,22,25)(H,23,24). The molecule has 1 aliphatic heterocycles. The summed E-state index contributed by atoms with van der Waals surface area (Å²) in [6, 6.07) is 16.9. The van der Waals surface area contributed by atoms with E-state index in [1.165, 1.54) is 0 Å². The monoisotopic (exact) mass is 352 g/mol. The highest BCUT2D eigenvalue weighted by atomic mass is 16.5. The molecule has 2 amide bonds. The first kappa shape index (κ1) is 18.1. The first-order valence-electron chi connectivity index (χ1n) is 9.04. The number of amides is 2. The average molecular weight is 352 g/mol. The Kier molecular flexibility index (Phi) is 6.39. The predicted octanol–water partition coefficient (Wildman–Crippen LogP) is 3.17. The second-order valence-electron chi connectivity index (χ2n) is 6.46. The first-order valence-corrected chi connectivity index (χ1v) is 9.04. The molecule has 1 unspecified atom stereocenters. The largest absolute Gasteiger partial charge is 0.376 e. The summed E-state index contributed by atoms with van der Waals surface area (Å²) in [6.07, 6.45) is 3.31. The molecule has 1 aliphatic rings. The van der Waals surface area contributed by atoms with Crippen molar-refractivity contribution in [2.45, 2.75) is 31.8 Å². The highest BCUT2D eigenvalue weighted by Gasteiger charge is 2.16. The number of carbonyl (C=O) groups excluding carboxylic acids is 2. The van der Waals surface area contributed by atoms with Crippen molar-refractivity contribution in [1.29, 1.82) is 0 Å². The van der Waals surface area contributed by atoms with Gasteiger partial charge in [0.15, 0.2) is 0 Å². The van der Waals surface area contributed by atoms with E-state index >= 15 is 0 Å². The molecule has 1 heterocycles. The van der Waals surface area contributed by atoms with Crippen molar-refractivity contribution in [1.82, 2.24) is 5.32 Å². The Morgan fingerprint density at radius 2 is 1.81 bits per heavy atom. The average Bonchev–Trinajstić information content (AvgIpc) is 3.19. The number of hydrogen-bond acceptors (Lipinski definition) is 3. The molecule has 0 aliphatic carbocycles. The lowest BCUT2D eigenvalue weighted by Gasteiger charge is -2.11. The van der Waals surface area contributed by atoms with Crippen molar-refractivity contribution in [3.8, 4) is 0 Å². The first-order chi connectivity index (χ1) is 12.7. The molecule has 0 spiro atoms. The topological polar surface area (TPSA) is 67.4 Å². The number of anilines is 1. The molecule has 2 N–H and O–H groups in total. The minimum atomic E-state index is -0.123. The van der Waals surface area contributed by atoms with Crippen molar-refractivity contribution in [3.63, 3.8) is 0 Å². The lowest BCUT2D eigenvalue weighted by molar-refractivity contribution is -0.116. The van der Waals surface area contributed by atoms with E-state index in [0.29, 0.717) is 30.6 Å². The summed E-state index contributed by atoms with van der Waals surface area (Å²) in [5.41, 5.74) is 2.41. The van der Waals surface area contributed by atoms with Crippen molar-refractivity contribution < 1.29 is 14.3 Å². The van der Waals surface area contributed by atoms with Gasteiger partial charge in [-0.25, -0.2) is 0 Å². The number of aryl methyl sites for hydroxylation is 1. The van der Waals surface area contributed by atoms with Crippen molar-refractivity contribution in [2.75, 3.05) is 18.5 Å². The molecule has 5 heteroatoms. The zero-order chi connectivity index (χ0) is 18.2. The summed E-state index contributed by atoms with van der Waals surface area (Å²) >= 11 is 0. The third kappa shape index (κ3) is 5.43. The molecule has 1 fully saturated rings. The van der Waals surface area contributed by atoms with Gasteiger partial charge in [-0.05, 0) is 49.1 Å². The fourth-order valence-corrected chi connectivity index (χ4v) is 2.94. The molecule has 2 aromatic carbocycles. The summed E-state index contributed by atoms with van der Waals surface area (Å²) < 4.78 is 5.49. The molecule has 1 saturated heterocycles. The quantitative estimate of drug-likeness (QED) is 0.804. The van der Waals surface area contributed by atoms with E-state index < -0.39 is 0 Å². The molecule has 5 nitrogen and oxygen atoms in total. The molecule has 1 atom stereocenters. The van der Waals surface area contributed by atoms with Crippen LogP contribution in [0.3, 0.4) is 0 Å². The molecule has 0 bridgehead atoms. The van der Waals surface area contributed by atoms with Crippen LogP contribution in [0.2, 0.25) is 0 Å². The summed E-state index contributed by atoms with van der Waals surface area (Å²) in [7, 11) is 0. The highest BCUT2D eigenvalue weighted by Crippen LogP contribution is 2.13. The third-order valence-corrected chi connectivity index (χ3v) is 4.43. The Hall–Kier alpha value is -2.66. The van der Waals surface area contributed by atoms with E-state index in [0.717, 1.165) is 25.0 Å². The molecule has 3 rings (SSSR count). The van der Waals surface area contributed by atoms with Crippen LogP contribution in [-0.2, 0) is 16.0 Å². The van der Waals surface area contributed by atoms with Crippen LogP contribution >= 0.6 is 0 Å². The van der Waals surface area contributed by atoms with E-state index in [2.05, 4.69) is 10.6 Å². The number of ether oxygens (including phenoxy) is 1. The van der Waals surface area contributed by atoms with Gasteiger partial charge in [-0.2, -0.15) is 0 Å². The molecular weight excluding hydrogens is 328 g/mol. The second kappa shape index (κ2) is 9.15. The van der Waals surface area contributed by atoms with Gasteiger partial charge < -0.3 is 15.4 Å². The predicted molar refractivity (Wildman–Crippen MR) is 101 cm³/mol. The fraction of sp³-hybridized carbons (Fsp3) is 0.333. The minimum absolute atomic E-state index is 0.0376. The second-order valence-corrected chi connectivity index (χ2v) is 6.46. The number of nitrogens with one attached hydrogen (secondary N) is 2. The fourth-order valence-electron chi connectivity index (χ4n) is 2.94. The van der Waals surface area contributed by atoms with E-state index in [-0.39, 0.29) is 17.9 Å². The van der Waals surface area contributed by atoms with Crippen LogP contribution in [0.5, 0.6) is 0 Å². The molecule has 26 heavy (non-hydrogen) atoms. The normalized spacial score (nSPS) is 16.2. The molecule has 0 radical (unpaired) electrons. The van der Waals surface area contributed by atoms with Crippen LogP contribution in [-0.4, -0.2) is 31.1 Å². The number of rotatable bonds is 7. The lowest BCUT2D eigenvalue weighted by atomic mass is 10.1. The maximum absolute atomic E-state index is 12.1. The summed E-state index contributed by atoms with van der Waals surface area (Å²) in [5, 5.41) is 5.75. The van der Waals surface area contributed by atoms with Crippen molar-refractivity contribution in [2.24, 2.45) is 0 Å². The molecular formula is C21H24N2O3. The van der Waals surface area contributed by atoms with Crippen LogP contribution in [0, 0.1) is 0 Å². The van der Waals surface area contributed by atoms with Crippen LogP contribution in [0.4, 0.5) is 5.69 Å². The number of carbonyl (C=O) groups is 2. The Labute approximate surface area is 153 Å². The Bertz CT molecular complexity index is 723. The van der Waals surface area contributed by atoms with E-state index in [1.807, 2.05) is 30.3 Å². The van der Waals surface area contributed by atoms with Crippen LogP contribution < -0.4 is 10.6 Å². The maximum Gasteiger partial charge on any atom is 0.251 e. The summed E-state index contributed by atoms with van der Waals surface area (Å²) in [6.45, 7) is 1.32. The van der Waals surface area contributed by atoms with Crippen molar-refractivity contribution in [3.05, 3.63) is 65.7 Å².